The van der Waals surface area contributed by atoms with Gasteiger partial charge in [-0.05, 0) is 83.5 Å². The van der Waals surface area contributed by atoms with Crippen molar-refractivity contribution in [3.05, 3.63) is 72.9 Å². The molecular weight excluding hydrogens is 961 g/mol. The van der Waals surface area contributed by atoms with Crippen LogP contribution < -0.4 is 0 Å². The number of esters is 3. The van der Waals surface area contributed by atoms with E-state index in [1.54, 1.807) is 0 Å². The van der Waals surface area contributed by atoms with E-state index in [9.17, 15) is 14.4 Å². The molecule has 0 aromatic carbocycles. The first-order valence-corrected chi connectivity index (χ1v) is 33.9. The van der Waals surface area contributed by atoms with Crippen LogP contribution in [0.1, 0.15) is 348 Å². The smallest absolute Gasteiger partial charge is 0.306 e. The van der Waals surface area contributed by atoms with Gasteiger partial charge in [-0.2, -0.15) is 0 Å². The van der Waals surface area contributed by atoms with Gasteiger partial charge < -0.3 is 14.2 Å². The van der Waals surface area contributed by atoms with Crippen LogP contribution >= 0.6 is 0 Å². The molecule has 0 bridgehead atoms. The first-order chi connectivity index (χ1) is 38.5. The average Bonchev–Trinajstić information content (AvgIpc) is 3.44. The van der Waals surface area contributed by atoms with E-state index in [-0.39, 0.29) is 37.5 Å². The molecule has 0 aliphatic carbocycles. The largest absolute Gasteiger partial charge is 0.462 e. The Morgan fingerprint density at radius 3 is 0.846 bits per heavy atom. The van der Waals surface area contributed by atoms with Gasteiger partial charge >= 0.3 is 17.9 Å². The van der Waals surface area contributed by atoms with Crippen molar-refractivity contribution in [2.24, 2.45) is 0 Å². The normalized spacial score (nSPS) is 12.5. The minimum absolute atomic E-state index is 0.0895. The number of carbonyl (C=O) groups is 3. The molecule has 0 saturated carbocycles. The average molecular weight is 1090 g/mol. The van der Waals surface area contributed by atoms with Crippen LogP contribution in [0, 0.1) is 0 Å². The Morgan fingerprint density at radius 2 is 0.513 bits per heavy atom. The predicted molar refractivity (Wildman–Crippen MR) is 339 cm³/mol. The summed E-state index contributed by atoms with van der Waals surface area (Å²) in [6.07, 6.45) is 86.4. The maximum atomic E-state index is 12.9. The highest BCUT2D eigenvalue weighted by molar-refractivity contribution is 5.71. The highest BCUT2D eigenvalue weighted by atomic mass is 16.6. The Bertz CT molecular complexity index is 1440. The summed E-state index contributed by atoms with van der Waals surface area (Å²) >= 11 is 0. The van der Waals surface area contributed by atoms with Crippen molar-refractivity contribution in [3.8, 4) is 0 Å². The first-order valence-electron chi connectivity index (χ1n) is 33.9. The molecule has 6 nitrogen and oxygen atoms in total. The molecular formula is C72H128O6. The fraction of sp³-hybridized carbons (Fsp3) is 0.792. The number of hydrogen-bond donors (Lipinski definition) is 0. The molecule has 452 valence electrons. The minimum atomic E-state index is -0.798. The Labute approximate surface area is 484 Å². The molecule has 0 saturated heterocycles. The Balaban J connectivity index is 4.35. The third-order valence-electron chi connectivity index (χ3n) is 14.9. The van der Waals surface area contributed by atoms with Crippen molar-refractivity contribution in [2.75, 3.05) is 13.2 Å². The van der Waals surface area contributed by atoms with E-state index in [0.29, 0.717) is 19.3 Å². The van der Waals surface area contributed by atoms with Crippen molar-refractivity contribution in [1.82, 2.24) is 0 Å². The van der Waals surface area contributed by atoms with Crippen molar-refractivity contribution in [3.63, 3.8) is 0 Å². The van der Waals surface area contributed by atoms with E-state index in [4.69, 9.17) is 14.2 Å². The third-order valence-corrected chi connectivity index (χ3v) is 14.9. The second-order valence-corrected chi connectivity index (χ2v) is 22.7. The Hall–Kier alpha value is -3.15. The van der Waals surface area contributed by atoms with Crippen molar-refractivity contribution < 1.29 is 28.6 Å². The van der Waals surface area contributed by atoms with E-state index in [1.807, 2.05) is 0 Å². The molecule has 1 atom stereocenters. The Morgan fingerprint density at radius 1 is 0.269 bits per heavy atom. The Kier molecular flexibility index (Phi) is 63.7. The van der Waals surface area contributed by atoms with Crippen LogP contribution in [-0.4, -0.2) is 37.2 Å². The van der Waals surface area contributed by atoms with Gasteiger partial charge in [0.2, 0.25) is 0 Å². The van der Waals surface area contributed by atoms with Gasteiger partial charge in [-0.15, -0.1) is 0 Å². The van der Waals surface area contributed by atoms with Gasteiger partial charge in [0.15, 0.2) is 6.10 Å². The molecule has 0 heterocycles. The summed E-state index contributed by atoms with van der Waals surface area (Å²) in [5, 5.41) is 0. The molecule has 0 amide bonds. The summed E-state index contributed by atoms with van der Waals surface area (Å²) in [6.45, 7) is 6.53. The highest BCUT2D eigenvalue weighted by Crippen LogP contribution is 2.18. The van der Waals surface area contributed by atoms with E-state index in [0.717, 1.165) is 77.0 Å². The number of allylic oxidation sites excluding steroid dienone is 12. The summed E-state index contributed by atoms with van der Waals surface area (Å²) < 4.78 is 16.9. The topological polar surface area (TPSA) is 78.9 Å². The minimum Gasteiger partial charge on any atom is -0.462 e. The van der Waals surface area contributed by atoms with Crippen LogP contribution in [0.5, 0.6) is 0 Å². The summed E-state index contributed by atoms with van der Waals surface area (Å²) in [7, 11) is 0. The molecule has 0 aromatic heterocycles. The molecule has 0 aromatic rings. The molecule has 0 N–H and O–H groups in total. The summed E-state index contributed by atoms with van der Waals surface area (Å²) in [5.41, 5.74) is 0. The molecule has 0 aliphatic heterocycles. The van der Waals surface area contributed by atoms with Crippen LogP contribution in [-0.2, 0) is 28.6 Å². The number of unbranched alkanes of at least 4 members (excludes halogenated alkanes) is 39. The zero-order chi connectivity index (χ0) is 56.4. The van der Waals surface area contributed by atoms with Gasteiger partial charge in [0.1, 0.15) is 13.2 Å². The van der Waals surface area contributed by atoms with Crippen LogP contribution in [0.4, 0.5) is 0 Å². The third kappa shape index (κ3) is 63.7. The zero-order valence-electron chi connectivity index (χ0n) is 51.9. The van der Waals surface area contributed by atoms with Gasteiger partial charge in [-0.25, -0.2) is 0 Å². The maximum Gasteiger partial charge on any atom is 0.306 e. The molecule has 0 spiro atoms. The molecule has 6 heteroatoms. The van der Waals surface area contributed by atoms with Crippen molar-refractivity contribution in [2.45, 2.75) is 354 Å². The van der Waals surface area contributed by atoms with Gasteiger partial charge in [0, 0.05) is 19.3 Å². The van der Waals surface area contributed by atoms with Crippen LogP contribution in [0.25, 0.3) is 0 Å². The number of rotatable bonds is 62. The summed E-state index contributed by atoms with van der Waals surface area (Å²) in [6, 6.07) is 0. The van der Waals surface area contributed by atoms with Crippen LogP contribution in [0.3, 0.4) is 0 Å². The van der Waals surface area contributed by atoms with Gasteiger partial charge in [-0.1, -0.05) is 318 Å². The lowest BCUT2D eigenvalue weighted by molar-refractivity contribution is -0.167. The van der Waals surface area contributed by atoms with Crippen molar-refractivity contribution >= 4 is 17.9 Å². The zero-order valence-corrected chi connectivity index (χ0v) is 51.9. The van der Waals surface area contributed by atoms with E-state index in [2.05, 4.69) is 93.7 Å². The van der Waals surface area contributed by atoms with E-state index >= 15 is 0 Å². The molecule has 0 fully saturated rings. The second kappa shape index (κ2) is 66.4. The highest BCUT2D eigenvalue weighted by Gasteiger charge is 2.19. The lowest BCUT2D eigenvalue weighted by Gasteiger charge is -2.18. The van der Waals surface area contributed by atoms with Crippen LogP contribution in [0.2, 0.25) is 0 Å². The van der Waals surface area contributed by atoms with E-state index < -0.39 is 6.10 Å². The molecule has 0 radical (unpaired) electrons. The maximum absolute atomic E-state index is 12.9. The standard InChI is InChI=1S/C72H128O6/c1-4-7-10-13-16-19-22-25-28-31-33-34-35-36-37-38-39-42-44-47-50-53-56-59-62-65-71(74)77-68-69(67-76-70(73)64-61-58-55-52-49-46-43-40-30-27-24-21-18-15-12-9-6-3)78-72(75)66-63-60-57-54-51-48-45-41-32-29-26-23-20-17-14-11-8-5-2/h9,12,18,21,27,30-31,33,43,46,52,55,69H,4-8,10-11,13-17,19-20,22-26,28-29,32,34-42,44-45,47-51,53-54,56-68H2,1-3H3/b12-9-,21-18-,30-27-,33-31-,46-43-,55-52-. The lowest BCUT2D eigenvalue weighted by atomic mass is 10.0. The molecule has 78 heavy (non-hydrogen) atoms. The SMILES string of the molecule is CC/C=C\C/C=C\C/C=C\C/C=C\C/C=C\CCCC(=O)OCC(COC(=O)CCCCCCCCCCCCCCC/C=C\CCCCCCCCCC)OC(=O)CCCCCCCCCCCCCCCCCCCC. The summed E-state index contributed by atoms with van der Waals surface area (Å²) in [5.74, 6) is -0.930. The quantitative estimate of drug-likeness (QED) is 0.0261. The number of hydrogen-bond acceptors (Lipinski definition) is 6. The monoisotopic (exact) mass is 1090 g/mol. The lowest BCUT2D eigenvalue weighted by Crippen LogP contribution is -2.30. The first kappa shape index (κ1) is 74.8. The number of ether oxygens (including phenoxy) is 3. The fourth-order valence-electron chi connectivity index (χ4n) is 9.89. The van der Waals surface area contributed by atoms with E-state index in [1.165, 1.54) is 225 Å². The predicted octanol–water partition coefficient (Wildman–Crippen LogP) is 23.3. The summed E-state index contributed by atoms with van der Waals surface area (Å²) in [4.78, 5) is 38.4. The molecule has 0 aliphatic rings. The molecule has 0 rings (SSSR count). The van der Waals surface area contributed by atoms with Gasteiger partial charge in [-0.3, -0.25) is 14.4 Å². The second-order valence-electron chi connectivity index (χ2n) is 22.7. The fourth-order valence-corrected chi connectivity index (χ4v) is 9.89. The van der Waals surface area contributed by atoms with Crippen molar-refractivity contribution in [1.29, 1.82) is 0 Å². The number of carbonyl (C=O) groups excluding carboxylic acids is 3. The van der Waals surface area contributed by atoms with Crippen LogP contribution in [0.15, 0.2) is 72.9 Å². The van der Waals surface area contributed by atoms with Gasteiger partial charge in [0.05, 0.1) is 0 Å². The van der Waals surface area contributed by atoms with Gasteiger partial charge in [0.25, 0.3) is 0 Å². The molecule has 1 unspecified atom stereocenters.